The fourth-order valence-electron chi connectivity index (χ4n) is 0.831. The van der Waals surface area contributed by atoms with Crippen molar-refractivity contribution in [1.29, 1.82) is 0 Å². The van der Waals surface area contributed by atoms with Gasteiger partial charge >= 0.3 is 0 Å². The van der Waals surface area contributed by atoms with Gasteiger partial charge in [-0.25, -0.2) is 4.39 Å². The van der Waals surface area contributed by atoms with Crippen LogP contribution in [0.15, 0.2) is 24.8 Å². The van der Waals surface area contributed by atoms with Crippen LogP contribution in [0.5, 0.6) is 0 Å². The molecule has 0 unspecified atom stereocenters. The van der Waals surface area contributed by atoms with Crippen LogP contribution in [0.2, 0.25) is 0 Å². The third kappa shape index (κ3) is 1.24. The zero-order chi connectivity index (χ0) is 7.56. The second-order valence-corrected chi connectivity index (χ2v) is 2.21. The zero-order valence-corrected chi connectivity index (χ0v) is 5.89. The molecule has 0 atom stereocenters. The summed E-state index contributed by atoms with van der Waals surface area (Å²) in [7, 11) is 0. The van der Waals surface area contributed by atoms with Gasteiger partial charge in [0.25, 0.3) is 0 Å². The van der Waals surface area contributed by atoms with Gasteiger partial charge in [-0.2, -0.15) is 0 Å². The molecule has 0 amide bonds. The topological polar surface area (TPSA) is 0 Å². The molecule has 52 valence electrons. The summed E-state index contributed by atoms with van der Waals surface area (Å²) in [6, 6.07) is 4.66. The Morgan fingerprint density at radius 1 is 1.50 bits per heavy atom. The van der Waals surface area contributed by atoms with Crippen LogP contribution in [-0.4, -0.2) is 0 Å². The largest absolute Gasteiger partial charge is 0.207 e. The number of aryl methyl sites for hydroxylation is 1. The zero-order valence-electron chi connectivity index (χ0n) is 5.89. The van der Waals surface area contributed by atoms with E-state index in [0.717, 1.165) is 11.1 Å². The van der Waals surface area contributed by atoms with E-state index in [1.807, 2.05) is 6.92 Å². The molecule has 1 aromatic rings. The summed E-state index contributed by atoms with van der Waals surface area (Å²) in [4.78, 5) is 0. The van der Waals surface area contributed by atoms with E-state index in [-0.39, 0.29) is 5.82 Å². The molecule has 1 aromatic carbocycles. The van der Waals surface area contributed by atoms with Gasteiger partial charge in [-0.1, -0.05) is 18.7 Å². The van der Waals surface area contributed by atoms with Gasteiger partial charge in [-0.15, -0.1) is 0 Å². The predicted molar refractivity (Wildman–Crippen MR) is 41.2 cm³/mol. The quantitative estimate of drug-likeness (QED) is 0.556. The number of hydrogen-bond donors (Lipinski definition) is 0. The summed E-state index contributed by atoms with van der Waals surface area (Å²) in [6.45, 7) is 5.49. The van der Waals surface area contributed by atoms with Crippen LogP contribution in [-0.2, 0) is 0 Å². The monoisotopic (exact) mass is 136 g/mol. The van der Waals surface area contributed by atoms with Crippen molar-refractivity contribution < 1.29 is 4.39 Å². The van der Waals surface area contributed by atoms with E-state index in [4.69, 9.17) is 0 Å². The minimum Gasteiger partial charge on any atom is -0.207 e. The van der Waals surface area contributed by atoms with Crippen LogP contribution in [0.3, 0.4) is 0 Å². The Labute approximate surface area is 60.0 Å². The van der Waals surface area contributed by atoms with E-state index < -0.39 is 0 Å². The van der Waals surface area contributed by atoms with Gasteiger partial charge in [0.1, 0.15) is 5.82 Å². The molecule has 0 spiro atoms. The van der Waals surface area contributed by atoms with Gasteiger partial charge in [0, 0.05) is 0 Å². The SMILES string of the molecule is C=Cc1cc(F)ccc1C. The Balaban J connectivity index is 3.21. The Morgan fingerprint density at radius 2 is 2.20 bits per heavy atom. The molecular weight excluding hydrogens is 127 g/mol. The Hall–Kier alpha value is -1.11. The minimum absolute atomic E-state index is 0.208. The molecule has 0 fully saturated rings. The van der Waals surface area contributed by atoms with E-state index >= 15 is 0 Å². The highest BCUT2D eigenvalue weighted by atomic mass is 19.1. The summed E-state index contributed by atoms with van der Waals surface area (Å²) in [6.07, 6.45) is 1.65. The maximum atomic E-state index is 12.5. The lowest BCUT2D eigenvalue weighted by atomic mass is 10.1. The van der Waals surface area contributed by atoms with Crippen LogP contribution in [0.25, 0.3) is 6.08 Å². The first-order chi connectivity index (χ1) is 4.74. The van der Waals surface area contributed by atoms with E-state index in [1.54, 1.807) is 12.1 Å². The van der Waals surface area contributed by atoms with Crippen molar-refractivity contribution in [3.8, 4) is 0 Å². The van der Waals surface area contributed by atoms with E-state index in [9.17, 15) is 4.39 Å². The number of halogens is 1. The molecule has 10 heavy (non-hydrogen) atoms. The molecule has 0 aliphatic carbocycles. The summed E-state index contributed by atoms with van der Waals surface area (Å²) in [5.41, 5.74) is 1.91. The van der Waals surface area contributed by atoms with Gasteiger partial charge in [-0.05, 0) is 30.2 Å². The molecule has 0 nitrogen and oxygen atoms in total. The maximum absolute atomic E-state index is 12.5. The smallest absolute Gasteiger partial charge is 0.123 e. The molecule has 0 heterocycles. The lowest BCUT2D eigenvalue weighted by Crippen LogP contribution is -1.81. The molecule has 0 aliphatic rings. The second-order valence-electron chi connectivity index (χ2n) is 2.21. The van der Waals surface area contributed by atoms with Gasteiger partial charge < -0.3 is 0 Å². The predicted octanol–water partition coefficient (Wildman–Crippen LogP) is 2.78. The number of rotatable bonds is 1. The summed E-state index contributed by atoms with van der Waals surface area (Å²) < 4.78 is 12.5. The van der Waals surface area contributed by atoms with Gasteiger partial charge in [0.05, 0.1) is 0 Å². The molecule has 1 heteroatoms. The molecular formula is C9H9F. The summed E-state index contributed by atoms with van der Waals surface area (Å²) >= 11 is 0. The third-order valence-corrected chi connectivity index (χ3v) is 1.46. The van der Waals surface area contributed by atoms with Crippen LogP contribution < -0.4 is 0 Å². The average Bonchev–Trinajstić information content (AvgIpc) is 1.94. The van der Waals surface area contributed by atoms with Gasteiger partial charge in [0.15, 0.2) is 0 Å². The van der Waals surface area contributed by atoms with Crippen LogP contribution in [0.1, 0.15) is 11.1 Å². The number of hydrogen-bond acceptors (Lipinski definition) is 0. The molecule has 0 aliphatic heterocycles. The summed E-state index contributed by atoms with van der Waals surface area (Å²) in [5.74, 6) is -0.208. The fourth-order valence-corrected chi connectivity index (χ4v) is 0.831. The van der Waals surface area contributed by atoms with Crippen molar-refractivity contribution in [2.75, 3.05) is 0 Å². The van der Waals surface area contributed by atoms with Crippen LogP contribution >= 0.6 is 0 Å². The van der Waals surface area contributed by atoms with Gasteiger partial charge in [0.2, 0.25) is 0 Å². The van der Waals surface area contributed by atoms with Crippen molar-refractivity contribution in [1.82, 2.24) is 0 Å². The highest BCUT2D eigenvalue weighted by Crippen LogP contribution is 2.10. The van der Waals surface area contributed by atoms with Crippen LogP contribution in [0.4, 0.5) is 4.39 Å². The second kappa shape index (κ2) is 2.65. The van der Waals surface area contributed by atoms with E-state index in [2.05, 4.69) is 6.58 Å². The molecule has 0 saturated heterocycles. The molecule has 0 aromatic heterocycles. The highest BCUT2D eigenvalue weighted by molar-refractivity contribution is 5.51. The van der Waals surface area contributed by atoms with E-state index in [1.165, 1.54) is 12.1 Å². The van der Waals surface area contributed by atoms with Crippen molar-refractivity contribution in [2.45, 2.75) is 6.92 Å². The van der Waals surface area contributed by atoms with Crippen molar-refractivity contribution in [3.63, 3.8) is 0 Å². The molecule has 0 bridgehead atoms. The maximum Gasteiger partial charge on any atom is 0.123 e. The minimum atomic E-state index is -0.208. The average molecular weight is 136 g/mol. The highest BCUT2D eigenvalue weighted by Gasteiger charge is 1.93. The standard InChI is InChI=1S/C9H9F/c1-3-8-6-9(10)5-4-7(8)2/h3-6H,1H2,2H3. The van der Waals surface area contributed by atoms with Crippen molar-refractivity contribution in [2.24, 2.45) is 0 Å². The van der Waals surface area contributed by atoms with Crippen molar-refractivity contribution >= 4 is 6.08 Å². The first-order valence-corrected chi connectivity index (χ1v) is 3.12. The first-order valence-electron chi connectivity index (χ1n) is 3.12. The third-order valence-electron chi connectivity index (χ3n) is 1.46. The summed E-state index contributed by atoms with van der Waals surface area (Å²) in [5, 5.41) is 0. The molecule has 1 rings (SSSR count). The lowest BCUT2D eigenvalue weighted by Gasteiger charge is -1.97. The van der Waals surface area contributed by atoms with Crippen LogP contribution in [0, 0.1) is 12.7 Å². The Morgan fingerprint density at radius 3 is 2.70 bits per heavy atom. The fraction of sp³-hybridized carbons (Fsp3) is 0.111. The van der Waals surface area contributed by atoms with Gasteiger partial charge in [-0.3, -0.25) is 0 Å². The molecule has 0 N–H and O–H groups in total. The molecule has 0 radical (unpaired) electrons. The van der Waals surface area contributed by atoms with Crippen molar-refractivity contribution in [3.05, 3.63) is 41.7 Å². The number of benzene rings is 1. The Kier molecular flexibility index (Phi) is 1.86. The lowest BCUT2D eigenvalue weighted by molar-refractivity contribution is 0.627. The van der Waals surface area contributed by atoms with E-state index in [0.29, 0.717) is 0 Å². The first kappa shape index (κ1) is 7.00. The molecule has 0 saturated carbocycles. The Bertz CT molecular complexity index is 251. The normalized spacial score (nSPS) is 9.40.